The monoisotopic (exact) mass is 438 g/mol. The number of halogens is 4. The van der Waals surface area contributed by atoms with Crippen molar-refractivity contribution in [3.63, 3.8) is 0 Å². The number of terminal acetylenes is 1. The van der Waals surface area contributed by atoms with Crippen molar-refractivity contribution < 1.29 is 9.53 Å². The Kier molecular flexibility index (Phi) is 7.42. The molecule has 8 heteroatoms. The van der Waals surface area contributed by atoms with Gasteiger partial charge in [0.2, 0.25) is 0 Å². The molecule has 0 heterocycles. The van der Waals surface area contributed by atoms with Crippen LogP contribution in [0, 0.1) is 23.7 Å². The van der Waals surface area contributed by atoms with Gasteiger partial charge in [0.25, 0.3) is 5.91 Å². The molecule has 0 bridgehead atoms. The maximum absolute atomic E-state index is 12.4. The van der Waals surface area contributed by atoms with E-state index in [0.29, 0.717) is 5.56 Å². The van der Waals surface area contributed by atoms with Crippen molar-refractivity contribution >= 4 is 64.1 Å². The van der Waals surface area contributed by atoms with Gasteiger partial charge in [-0.2, -0.15) is 5.26 Å². The molecule has 2 aromatic carbocycles. The summed E-state index contributed by atoms with van der Waals surface area (Å²) in [5.74, 6) is 1.86. The standard InChI is InChI=1S/C19H10Cl4N2O2/c1-2-6-27-18-14(21)8-11(9-15(18)22)7-12(10-24)19(26)25-16-5-3-4-13(20)17(16)23/h1,3-5,7-9H,6H2,(H,25,26)/b12-7-. The third-order valence-electron chi connectivity index (χ3n) is 3.20. The predicted octanol–water partition coefficient (Wildman–Crippen LogP) is 5.86. The number of rotatable bonds is 5. The van der Waals surface area contributed by atoms with Crippen LogP contribution in [0.4, 0.5) is 5.69 Å². The number of hydrogen-bond donors (Lipinski definition) is 1. The molecule has 2 rings (SSSR count). The van der Waals surface area contributed by atoms with Gasteiger partial charge in [0.1, 0.15) is 18.2 Å². The molecule has 1 amide bonds. The lowest BCUT2D eigenvalue weighted by molar-refractivity contribution is -0.112. The van der Waals surface area contributed by atoms with Crippen molar-refractivity contribution in [2.75, 3.05) is 11.9 Å². The van der Waals surface area contributed by atoms with E-state index in [2.05, 4.69) is 11.2 Å². The summed E-state index contributed by atoms with van der Waals surface area (Å²) in [4.78, 5) is 12.4. The zero-order valence-electron chi connectivity index (χ0n) is 13.5. The van der Waals surface area contributed by atoms with Gasteiger partial charge in [0.05, 0.1) is 25.8 Å². The van der Waals surface area contributed by atoms with Gasteiger partial charge in [-0.05, 0) is 35.9 Å². The van der Waals surface area contributed by atoms with E-state index < -0.39 is 5.91 Å². The largest absolute Gasteiger partial charge is 0.478 e. The van der Waals surface area contributed by atoms with Gasteiger partial charge in [0, 0.05) is 0 Å². The highest BCUT2D eigenvalue weighted by Gasteiger charge is 2.14. The highest BCUT2D eigenvalue weighted by Crippen LogP contribution is 2.35. The molecule has 27 heavy (non-hydrogen) atoms. The second-order valence-electron chi connectivity index (χ2n) is 5.03. The van der Waals surface area contributed by atoms with Crippen molar-refractivity contribution in [3.05, 3.63) is 61.6 Å². The lowest BCUT2D eigenvalue weighted by atomic mass is 10.1. The molecule has 1 N–H and O–H groups in total. The lowest BCUT2D eigenvalue weighted by Crippen LogP contribution is -2.13. The first-order valence-electron chi connectivity index (χ1n) is 7.29. The Hall–Kier alpha value is -2.34. The molecule has 0 unspecified atom stereocenters. The van der Waals surface area contributed by atoms with Crippen LogP contribution >= 0.6 is 46.4 Å². The van der Waals surface area contributed by atoms with Crippen LogP contribution in [0.2, 0.25) is 20.1 Å². The van der Waals surface area contributed by atoms with Crippen molar-refractivity contribution in [1.29, 1.82) is 5.26 Å². The molecule has 0 aliphatic carbocycles. The summed E-state index contributed by atoms with van der Waals surface area (Å²) >= 11 is 24.2. The molecule has 136 valence electrons. The average molecular weight is 440 g/mol. The maximum atomic E-state index is 12.4. The van der Waals surface area contributed by atoms with Gasteiger partial charge >= 0.3 is 0 Å². The molecule has 0 aliphatic heterocycles. The lowest BCUT2D eigenvalue weighted by Gasteiger charge is -2.09. The van der Waals surface area contributed by atoms with E-state index in [-0.39, 0.29) is 43.7 Å². The van der Waals surface area contributed by atoms with Gasteiger partial charge in [-0.25, -0.2) is 0 Å². The minimum absolute atomic E-state index is 0.000865. The number of amides is 1. The third-order valence-corrected chi connectivity index (χ3v) is 4.58. The zero-order chi connectivity index (χ0) is 20.0. The fourth-order valence-electron chi connectivity index (χ4n) is 2.02. The summed E-state index contributed by atoms with van der Waals surface area (Å²) in [6.07, 6.45) is 6.47. The van der Waals surface area contributed by atoms with E-state index in [1.165, 1.54) is 18.2 Å². The molecule has 0 spiro atoms. The first kappa shape index (κ1) is 21.0. The molecule has 0 fully saturated rings. The second-order valence-corrected chi connectivity index (χ2v) is 6.63. The fourth-order valence-corrected chi connectivity index (χ4v) is 2.98. The van der Waals surface area contributed by atoms with Crippen molar-refractivity contribution in [2.24, 2.45) is 0 Å². The third kappa shape index (κ3) is 5.32. The average Bonchev–Trinajstić information content (AvgIpc) is 2.62. The predicted molar refractivity (Wildman–Crippen MR) is 109 cm³/mol. The Labute approximate surface area is 176 Å². The van der Waals surface area contributed by atoms with Gasteiger partial charge in [0.15, 0.2) is 5.75 Å². The highest BCUT2D eigenvalue weighted by atomic mass is 35.5. The molecule has 2 aromatic rings. The quantitative estimate of drug-likeness (QED) is 0.360. The number of hydrogen-bond acceptors (Lipinski definition) is 3. The van der Waals surface area contributed by atoms with E-state index in [9.17, 15) is 10.1 Å². The minimum atomic E-state index is -0.665. The van der Waals surface area contributed by atoms with Crippen LogP contribution < -0.4 is 10.1 Å². The Morgan fingerprint density at radius 1 is 1.19 bits per heavy atom. The molecule has 0 aliphatic rings. The first-order chi connectivity index (χ1) is 12.9. The van der Waals surface area contributed by atoms with Gasteiger partial charge in [-0.15, -0.1) is 6.42 Å². The van der Waals surface area contributed by atoms with E-state index in [4.69, 9.17) is 57.6 Å². The van der Waals surface area contributed by atoms with Gasteiger partial charge in [-0.3, -0.25) is 4.79 Å². The smallest absolute Gasteiger partial charge is 0.266 e. The summed E-state index contributed by atoms with van der Waals surface area (Å²) in [5.41, 5.74) is 0.529. The fraction of sp³-hybridized carbons (Fsp3) is 0.0526. The Balaban J connectivity index is 2.30. The Bertz CT molecular complexity index is 981. The van der Waals surface area contributed by atoms with Crippen LogP contribution in [0.1, 0.15) is 5.56 Å². The van der Waals surface area contributed by atoms with E-state index in [1.807, 2.05) is 6.07 Å². The molecule has 0 saturated heterocycles. The van der Waals surface area contributed by atoms with Crippen LogP contribution in [0.3, 0.4) is 0 Å². The maximum Gasteiger partial charge on any atom is 0.266 e. The summed E-state index contributed by atoms with van der Waals surface area (Å²) in [5, 5.41) is 12.7. The summed E-state index contributed by atoms with van der Waals surface area (Å²) in [6.45, 7) is 0.000865. The molecule has 0 atom stereocenters. The van der Waals surface area contributed by atoms with Crippen LogP contribution in [-0.2, 0) is 4.79 Å². The summed E-state index contributed by atoms with van der Waals surface area (Å²) < 4.78 is 5.26. The number of anilines is 1. The number of carbonyl (C=O) groups excluding carboxylic acids is 1. The normalized spacial score (nSPS) is 10.7. The minimum Gasteiger partial charge on any atom is -0.478 e. The van der Waals surface area contributed by atoms with Crippen LogP contribution in [-0.4, -0.2) is 12.5 Å². The molecule has 0 radical (unpaired) electrons. The van der Waals surface area contributed by atoms with Crippen LogP contribution in [0.5, 0.6) is 5.75 Å². The Morgan fingerprint density at radius 3 is 2.44 bits per heavy atom. The molecular weight excluding hydrogens is 430 g/mol. The number of nitriles is 1. The van der Waals surface area contributed by atoms with Gasteiger partial charge < -0.3 is 10.1 Å². The number of carbonyl (C=O) groups is 1. The SMILES string of the molecule is C#CCOc1c(Cl)cc(/C=C(/C#N)C(=O)Nc2cccc(Cl)c2Cl)cc1Cl. The number of benzene rings is 2. The van der Waals surface area contributed by atoms with E-state index in [1.54, 1.807) is 18.2 Å². The summed E-state index contributed by atoms with van der Waals surface area (Å²) in [6, 6.07) is 9.57. The molecule has 0 saturated carbocycles. The van der Waals surface area contributed by atoms with E-state index in [0.717, 1.165) is 0 Å². The topological polar surface area (TPSA) is 62.1 Å². The Morgan fingerprint density at radius 2 is 1.85 bits per heavy atom. The molecular formula is C19H10Cl4N2O2. The van der Waals surface area contributed by atoms with Crippen LogP contribution in [0.15, 0.2) is 35.9 Å². The summed E-state index contributed by atoms with van der Waals surface area (Å²) in [7, 11) is 0. The molecule has 0 aromatic heterocycles. The van der Waals surface area contributed by atoms with Gasteiger partial charge in [-0.1, -0.05) is 58.4 Å². The first-order valence-corrected chi connectivity index (χ1v) is 8.81. The highest BCUT2D eigenvalue weighted by molar-refractivity contribution is 6.44. The number of ether oxygens (including phenoxy) is 1. The second kappa shape index (κ2) is 9.55. The zero-order valence-corrected chi connectivity index (χ0v) is 16.5. The van der Waals surface area contributed by atoms with Crippen molar-refractivity contribution in [3.8, 4) is 24.2 Å². The van der Waals surface area contributed by atoms with Crippen molar-refractivity contribution in [2.45, 2.75) is 0 Å². The van der Waals surface area contributed by atoms with Crippen molar-refractivity contribution in [1.82, 2.24) is 0 Å². The van der Waals surface area contributed by atoms with E-state index >= 15 is 0 Å². The number of nitrogens with one attached hydrogen (secondary N) is 1. The molecule has 4 nitrogen and oxygen atoms in total. The van der Waals surface area contributed by atoms with Crippen LogP contribution in [0.25, 0.3) is 6.08 Å². The number of nitrogens with zero attached hydrogens (tertiary/aromatic N) is 1.